The van der Waals surface area contributed by atoms with E-state index in [2.05, 4.69) is 11.9 Å². The molecule has 0 bridgehead atoms. The summed E-state index contributed by atoms with van der Waals surface area (Å²) in [5.74, 6) is 0.985. The molecule has 0 spiro atoms. The molecule has 1 saturated heterocycles. The molecule has 26 heavy (non-hydrogen) atoms. The predicted molar refractivity (Wildman–Crippen MR) is 97.3 cm³/mol. The first kappa shape index (κ1) is 17.5. The second-order valence-electron chi connectivity index (χ2n) is 8.02. The van der Waals surface area contributed by atoms with Crippen LogP contribution in [0.15, 0.2) is 35.7 Å². The molecule has 0 aromatic heterocycles. The average molecular weight is 376 g/mol. The highest BCUT2D eigenvalue weighted by atomic mass is 32.2. The molecule has 2 atom stereocenters. The van der Waals surface area contributed by atoms with Crippen molar-refractivity contribution in [2.45, 2.75) is 43.2 Å². The van der Waals surface area contributed by atoms with Gasteiger partial charge in [-0.2, -0.15) is 4.31 Å². The van der Waals surface area contributed by atoms with Gasteiger partial charge in [-0.1, -0.05) is 6.58 Å². The van der Waals surface area contributed by atoms with E-state index in [0.29, 0.717) is 18.0 Å². The SMILES string of the molecule is C=CC(=O)NC1C2CN(S(=O)(=O)c3ccc4c(c3)CCC(C)(C)O4)CC21. The van der Waals surface area contributed by atoms with E-state index in [0.717, 1.165) is 24.2 Å². The van der Waals surface area contributed by atoms with E-state index in [1.807, 2.05) is 13.8 Å². The zero-order chi connectivity index (χ0) is 18.7. The van der Waals surface area contributed by atoms with Gasteiger partial charge in [0.25, 0.3) is 0 Å². The van der Waals surface area contributed by atoms with E-state index >= 15 is 0 Å². The first-order chi connectivity index (χ1) is 12.2. The summed E-state index contributed by atoms with van der Waals surface area (Å²) in [6, 6.07) is 5.23. The Morgan fingerprint density at radius 3 is 2.69 bits per heavy atom. The van der Waals surface area contributed by atoms with Crippen molar-refractivity contribution in [2.24, 2.45) is 11.8 Å². The van der Waals surface area contributed by atoms with Crippen LogP contribution >= 0.6 is 0 Å². The molecule has 1 saturated carbocycles. The van der Waals surface area contributed by atoms with Gasteiger partial charge < -0.3 is 10.1 Å². The quantitative estimate of drug-likeness (QED) is 0.812. The fourth-order valence-electron chi connectivity index (χ4n) is 4.07. The zero-order valence-electron chi connectivity index (χ0n) is 15.1. The van der Waals surface area contributed by atoms with Crippen LogP contribution in [-0.2, 0) is 21.2 Å². The van der Waals surface area contributed by atoms with Crippen molar-refractivity contribution in [1.29, 1.82) is 0 Å². The molecule has 2 aliphatic heterocycles. The lowest BCUT2D eigenvalue weighted by Crippen LogP contribution is -2.37. The molecule has 2 heterocycles. The molecule has 1 amide bonds. The van der Waals surface area contributed by atoms with E-state index in [1.165, 1.54) is 10.4 Å². The van der Waals surface area contributed by atoms with Crippen molar-refractivity contribution in [2.75, 3.05) is 13.1 Å². The molecule has 140 valence electrons. The van der Waals surface area contributed by atoms with Crippen molar-refractivity contribution in [3.63, 3.8) is 0 Å². The zero-order valence-corrected chi connectivity index (χ0v) is 15.9. The van der Waals surface area contributed by atoms with Gasteiger partial charge in [-0.05, 0) is 68.4 Å². The summed E-state index contributed by atoms with van der Waals surface area (Å²) in [4.78, 5) is 11.7. The minimum atomic E-state index is -3.52. The Bertz CT molecular complexity index is 866. The van der Waals surface area contributed by atoms with Gasteiger partial charge in [0.05, 0.1) is 4.90 Å². The van der Waals surface area contributed by atoms with Crippen molar-refractivity contribution in [3.8, 4) is 5.75 Å². The third-order valence-corrected chi connectivity index (χ3v) is 7.53. The first-order valence-corrected chi connectivity index (χ1v) is 10.4. The number of sulfonamides is 1. The third kappa shape index (κ3) is 2.93. The first-order valence-electron chi connectivity index (χ1n) is 8.96. The van der Waals surface area contributed by atoms with Gasteiger partial charge in [-0.25, -0.2) is 8.42 Å². The van der Waals surface area contributed by atoms with Crippen LogP contribution in [0, 0.1) is 11.8 Å². The van der Waals surface area contributed by atoms with Crippen molar-refractivity contribution >= 4 is 15.9 Å². The molecule has 1 aromatic carbocycles. The standard InChI is InChI=1S/C19H24N2O4S/c1-4-17(22)20-18-14-10-21(11-15(14)18)26(23,24)13-5-6-16-12(9-13)7-8-19(2,3)25-16/h4-6,9,14-15,18H,1,7-8,10-11H2,2-3H3,(H,20,22). The molecular weight excluding hydrogens is 352 g/mol. The Labute approximate surface area is 154 Å². The van der Waals surface area contributed by atoms with Crippen LogP contribution in [0.1, 0.15) is 25.8 Å². The average Bonchev–Trinajstić information content (AvgIpc) is 3.03. The van der Waals surface area contributed by atoms with E-state index in [-0.39, 0.29) is 29.4 Å². The molecule has 1 aliphatic carbocycles. The van der Waals surface area contributed by atoms with E-state index in [1.54, 1.807) is 18.2 Å². The van der Waals surface area contributed by atoms with Crippen molar-refractivity contribution in [3.05, 3.63) is 36.4 Å². The van der Waals surface area contributed by atoms with Crippen LogP contribution < -0.4 is 10.1 Å². The molecule has 1 aromatic rings. The molecule has 0 radical (unpaired) electrons. The summed E-state index contributed by atoms with van der Waals surface area (Å²) >= 11 is 0. The molecule has 4 rings (SSSR count). The second kappa shape index (κ2) is 5.82. The maximum absolute atomic E-state index is 13.0. The number of hydrogen-bond acceptors (Lipinski definition) is 4. The number of nitrogens with one attached hydrogen (secondary N) is 1. The van der Waals surface area contributed by atoms with Crippen LogP contribution in [0.4, 0.5) is 0 Å². The minimum Gasteiger partial charge on any atom is -0.488 e. The highest BCUT2D eigenvalue weighted by Crippen LogP contribution is 2.47. The van der Waals surface area contributed by atoms with Gasteiger partial charge in [-0.15, -0.1) is 0 Å². The van der Waals surface area contributed by atoms with E-state index in [9.17, 15) is 13.2 Å². The summed E-state index contributed by atoms with van der Waals surface area (Å²) in [7, 11) is -3.52. The predicted octanol–water partition coefficient (Wildman–Crippen LogP) is 1.71. The van der Waals surface area contributed by atoms with Gasteiger partial charge in [-0.3, -0.25) is 4.79 Å². The van der Waals surface area contributed by atoms with Crippen LogP contribution in [0.25, 0.3) is 0 Å². The van der Waals surface area contributed by atoms with Gasteiger partial charge in [0, 0.05) is 19.1 Å². The minimum absolute atomic E-state index is 0.0751. The van der Waals surface area contributed by atoms with E-state index < -0.39 is 10.0 Å². The lowest BCUT2D eigenvalue weighted by molar-refractivity contribution is -0.116. The lowest BCUT2D eigenvalue weighted by atomic mass is 9.94. The third-order valence-electron chi connectivity index (χ3n) is 5.71. The lowest BCUT2D eigenvalue weighted by Gasteiger charge is -2.32. The maximum atomic E-state index is 13.0. The molecule has 1 N–H and O–H groups in total. The number of carbonyl (C=O) groups is 1. The summed E-state index contributed by atoms with van der Waals surface area (Å²) in [6.45, 7) is 8.43. The monoisotopic (exact) mass is 376 g/mol. The highest BCUT2D eigenvalue weighted by Gasteiger charge is 2.58. The molecular formula is C19H24N2O4S. The summed E-state index contributed by atoms with van der Waals surface area (Å²) in [6.07, 6.45) is 2.92. The number of carbonyl (C=O) groups excluding carboxylic acids is 1. The Morgan fingerprint density at radius 2 is 2.04 bits per heavy atom. The van der Waals surface area contributed by atoms with Gasteiger partial charge in [0.15, 0.2) is 0 Å². The largest absolute Gasteiger partial charge is 0.488 e. The Hall–Kier alpha value is -1.86. The van der Waals surface area contributed by atoms with Crippen molar-refractivity contribution in [1.82, 2.24) is 9.62 Å². The summed E-state index contributed by atoms with van der Waals surface area (Å²) in [5, 5.41) is 2.87. The number of hydrogen-bond donors (Lipinski definition) is 1. The van der Waals surface area contributed by atoms with Crippen molar-refractivity contribution < 1.29 is 17.9 Å². The fraction of sp³-hybridized carbons (Fsp3) is 0.526. The van der Waals surface area contributed by atoms with Crippen LogP contribution in [-0.4, -0.2) is 43.4 Å². The number of fused-ring (bicyclic) bond motifs is 2. The van der Waals surface area contributed by atoms with Crippen LogP contribution in [0.5, 0.6) is 5.75 Å². The van der Waals surface area contributed by atoms with Gasteiger partial charge >= 0.3 is 0 Å². The number of ether oxygens (including phenoxy) is 1. The topological polar surface area (TPSA) is 75.7 Å². The molecule has 2 fully saturated rings. The second-order valence-corrected chi connectivity index (χ2v) is 9.96. The van der Waals surface area contributed by atoms with E-state index in [4.69, 9.17) is 4.74 Å². The molecule has 3 aliphatic rings. The Kier molecular flexibility index (Phi) is 3.93. The summed E-state index contributed by atoms with van der Waals surface area (Å²) in [5.41, 5.74) is 0.736. The number of aryl methyl sites for hydroxylation is 1. The highest BCUT2D eigenvalue weighted by molar-refractivity contribution is 7.89. The van der Waals surface area contributed by atoms with Crippen LogP contribution in [0.2, 0.25) is 0 Å². The number of piperidine rings is 1. The van der Waals surface area contributed by atoms with Gasteiger partial charge in [0.2, 0.25) is 15.9 Å². The van der Waals surface area contributed by atoms with Crippen LogP contribution in [0.3, 0.4) is 0 Å². The smallest absolute Gasteiger partial charge is 0.243 e. The van der Waals surface area contributed by atoms with Gasteiger partial charge in [0.1, 0.15) is 11.4 Å². The number of rotatable bonds is 4. The maximum Gasteiger partial charge on any atom is 0.243 e. The Balaban J connectivity index is 1.48. The molecule has 7 heteroatoms. The number of nitrogens with zero attached hydrogens (tertiary/aromatic N) is 1. The molecule has 6 nitrogen and oxygen atoms in total. The molecule has 2 unspecified atom stereocenters. The fourth-order valence-corrected chi connectivity index (χ4v) is 5.63. The number of benzene rings is 1. The normalized spacial score (nSPS) is 29.2. The number of amides is 1. The Morgan fingerprint density at radius 1 is 1.35 bits per heavy atom. The summed E-state index contributed by atoms with van der Waals surface area (Å²) < 4.78 is 33.4.